The third kappa shape index (κ3) is 2.55. The Kier molecular flexibility index (Phi) is 3.62. The van der Waals surface area contributed by atoms with Gasteiger partial charge in [0, 0.05) is 17.8 Å². The van der Waals surface area contributed by atoms with Crippen LogP contribution in [0.1, 0.15) is 25.8 Å². The molecule has 0 spiro atoms. The fraction of sp³-hybridized carbons (Fsp3) is 0.556. The maximum Gasteiger partial charge on any atom is 0.224 e. The van der Waals surface area contributed by atoms with Crippen molar-refractivity contribution in [3.05, 3.63) is 11.8 Å². The number of halogens is 1. The minimum absolute atomic E-state index is 0.202. The van der Waals surface area contributed by atoms with Gasteiger partial charge in [-0.3, -0.25) is 0 Å². The molecule has 1 rings (SSSR count). The second-order valence-corrected chi connectivity index (χ2v) is 3.19. The Bertz CT molecular complexity index is 303. The second kappa shape index (κ2) is 4.74. The molecular formula is C9H15FN4. The van der Waals surface area contributed by atoms with Crippen LogP contribution in [0, 0.1) is 0 Å². The van der Waals surface area contributed by atoms with E-state index >= 15 is 0 Å². The third-order valence-corrected chi connectivity index (χ3v) is 2.03. The first-order chi connectivity index (χ1) is 6.67. The van der Waals surface area contributed by atoms with Crippen LogP contribution in [0.15, 0.2) is 6.20 Å². The number of aromatic nitrogens is 2. The summed E-state index contributed by atoms with van der Waals surface area (Å²) in [5.41, 5.74) is 5.85. The Morgan fingerprint density at radius 3 is 2.86 bits per heavy atom. The highest BCUT2D eigenvalue weighted by molar-refractivity contribution is 5.42. The molecule has 3 N–H and O–H groups in total. The molecule has 5 heteroatoms. The van der Waals surface area contributed by atoms with Gasteiger partial charge in [0.15, 0.2) is 0 Å². The molecule has 0 aliphatic rings. The van der Waals surface area contributed by atoms with E-state index in [1.54, 1.807) is 0 Å². The molecule has 1 aromatic rings. The van der Waals surface area contributed by atoms with E-state index in [0.717, 1.165) is 6.42 Å². The lowest BCUT2D eigenvalue weighted by molar-refractivity contribution is 0.484. The van der Waals surface area contributed by atoms with E-state index in [9.17, 15) is 4.39 Å². The highest BCUT2D eigenvalue weighted by atomic mass is 19.1. The van der Waals surface area contributed by atoms with Crippen LogP contribution in [0.25, 0.3) is 0 Å². The topological polar surface area (TPSA) is 63.8 Å². The van der Waals surface area contributed by atoms with Crippen molar-refractivity contribution in [2.24, 2.45) is 0 Å². The molecule has 0 aromatic carbocycles. The number of alkyl halides is 1. The van der Waals surface area contributed by atoms with Gasteiger partial charge >= 0.3 is 0 Å². The van der Waals surface area contributed by atoms with Crippen molar-refractivity contribution in [2.75, 3.05) is 11.1 Å². The van der Waals surface area contributed by atoms with E-state index < -0.39 is 6.67 Å². The van der Waals surface area contributed by atoms with Crippen molar-refractivity contribution >= 4 is 11.8 Å². The van der Waals surface area contributed by atoms with Gasteiger partial charge in [-0.2, -0.15) is 4.98 Å². The van der Waals surface area contributed by atoms with Gasteiger partial charge in [0.2, 0.25) is 5.95 Å². The number of hydrogen-bond donors (Lipinski definition) is 2. The molecule has 78 valence electrons. The third-order valence-electron chi connectivity index (χ3n) is 2.03. The number of hydrogen-bond acceptors (Lipinski definition) is 4. The first-order valence-corrected chi connectivity index (χ1v) is 4.61. The van der Waals surface area contributed by atoms with Crippen molar-refractivity contribution < 1.29 is 4.39 Å². The van der Waals surface area contributed by atoms with Gasteiger partial charge < -0.3 is 11.1 Å². The summed E-state index contributed by atoms with van der Waals surface area (Å²) in [6.07, 6.45) is 2.38. The van der Waals surface area contributed by atoms with Crippen LogP contribution in [0.4, 0.5) is 16.2 Å². The first-order valence-electron chi connectivity index (χ1n) is 4.61. The maximum absolute atomic E-state index is 12.3. The van der Waals surface area contributed by atoms with Crippen molar-refractivity contribution in [3.63, 3.8) is 0 Å². The van der Waals surface area contributed by atoms with Crippen LogP contribution in [0.3, 0.4) is 0 Å². The normalized spacial score (nSPS) is 12.5. The minimum Gasteiger partial charge on any atom is -0.383 e. The molecule has 0 aliphatic carbocycles. The smallest absolute Gasteiger partial charge is 0.224 e. The van der Waals surface area contributed by atoms with Crippen LogP contribution in [0.2, 0.25) is 0 Å². The van der Waals surface area contributed by atoms with Crippen LogP contribution in [-0.2, 0) is 6.67 Å². The second-order valence-electron chi connectivity index (χ2n) is 3.19. The van der Waals surface area contributed by atoms with E-state index in [4.69, 9.17) is 5.73 Å². The molecule has 1 atom stereocenters. The zero-order valence-corrected chi connectivity index (χ0v) is 8.42. The average Bonchev–Trinajstić information content (AvgIpc) is 2.18. The monoisotopic (exact) mass is 198 g/mol. The zero-order chi connectivity index (χ0) is 10.6. The van der Waals surface area contributed by atoms with Crippen LogP contribution in [-0.4, -0.2) is 16.0 Å². The molecule has 4 nitrogen and oxygen atoms in total. The zero-order valence-electron chi connectivity index (χ0n) is 8.42. The molecule has 0 bridgehead atoms. The summed E-state index contributed by atoms with van der Waals surface area (Å²) >= 11 is 0. The molecule has 0 aliphatic heterocycles. The number of nitrogens with zero attached hydrogens (tertiary/aromatic N) is 2. The minimum atomic E-state index is -0.630. The molecule has 0 saturated carbocycles. The summed E-state index contributed by atoms with van der Waals surface area (Å²) in [4.78, 5) is 7.90. The quantitative estimate of drug-likeness (QED) is 0.773. The lowest BCUT2D eigenvalue weighted by Gasteiger charge is -2.11. The van der Waals surface area contributed by atoms with Crippen molar-refractivity contribution in [1.82, 2.24) is 9.97 Å². The fourth-order valence-electron chi connectivity index (χ4n) is 0.915. The van der Waals surface area contributed by atoms with E-state index in [-0.39, 0.29) is 11.9 Å². The summed E-state index contributed by atoms with van der Waals surface area (Å²) in [6.45, 7) is 3.44. The van der Waals surface area contributed by atoms with E-state index in [0.29, 0.717) is 11.5 Å². The average molecular weight is 198 g/mol. The number of nitrogens with two attached hydrogens (primary N) is 1. The highest BCUT2D eigenvalue weighted by Gasteiger charge is 2.05. The van der Waals surface area contributed by atoms with Gasteiger partial charge in [0.05, 0.1) is 0 Å². The predicted octanol–water partition coefficient (Wildman–Crippen LogP) is 1.74. The van der Waals surface area contributed by atoms with Crippen LogP contribution in [0.5, 0.6) is 0 Å². The predicted molar refractivity (Wildman–Crippen MR) is 54.6 cm³/mol. The van der Waals surface area contributed by atoms with Gasteiger partial charge in [-0.25, -0.2) is 9.37 Å². The van der Waals surface area contributed by atoms with Gasteiger partial charge in [-0.05, 0) is 13.3 Å². The van der Waals surface area contributed by atoms with Crippen molar-refractivity contribution in [1.29, 1.82) is 0 Å². The summed E-state index contributed by atoms with van der Waals surface area (Å²) in [6, 6.07) is 0.283. The molecule has 0 amide bonds. The Hall–Kier alpha value is -1.39. The molecule has 14 heavy (non-hydrogen) atoms. The van der Waals surface area contributed by atoms with Gasteiger partial charge in [-0.1, -0.05) is 6.92 Å². The van der Waals surface area contributed by atoms with E-state index in [2.05, 4.69) is 22.2 Å². The van der Waals surface area contributed by atoms with Crippen LogP contribution >= 0.6 is 0 Å². The largest absolute Gasteiger partial charge is 0.383 e. The summed E-state index contributed by atoms with van der Waals surface area (Å²) in [5, 5.41) is 3.06. The molecule has 1 unspecified atom stereocenters. The van der Waals surface area contributed by atoms with Gasteiger partial charge in [0.25, 0.3) is 0 Å². The molecule has 1 heterocycles. The molecule has 0 radical (unpaired) electrons. The lowest BCUT2D eigenvalue weighted by Crippen LogP contribution is -2.16. The number of rotatable bonds is 4. The van der Waals surface area contributed by atoms with Gasteiger partial charge in [0.1, 0.15) is 12.5 Å². The Morgan fingerprint density at radius 1 is 1.64 bits per heavy atom. The van der Waals surface area contributed by atoms with E-state index in [1.165, 1.54) is 6.20 Å². The summed E-state index contributed by atoms with van der Waals surface area (Å²) in [7, 11) is 0. The summed E-state index contributed by atoms with van der Waals surface area (Å²) in [5.74, 6) is 0.655. The molecule has 0 saturated heterocycles. The Labute approximate surface area is 82.8 Å². The number of nitrogens with one attached hydrogen (secondary N) is 1. The Balaban J connectivity index is 2.76. The van der Waals surface area contributed by atoms with Gasteiger partial charge in [-0.15, -0.1) is 0 Å². The molecule has 1 aromatic heterocycles. The first kappa shape index (κ1) is 10.7. The van der Waals surface area contributed by atoms with Crippen LogP contribution < -0.4 is 11.1 Å². The lowest BCUT2D eigenvalue weighted by atomic mass is 10.3. The van der Waals surface area contributed by atoms with E-state index in [1.807, 2.05) is 6.92 Å². The fourth-order valence-corrected chi connectivity index (χ4v) is 0.915. The SMILES string of the molecule is CCC(C)Nc1ncc(CF)c(N)n1. The standard InChI is InChI=1S/C9H15FN4/c1-3-6(2)13-9-12-5-7(4-10)8(11)14-9/h5-6H,3-4H2,1-2H3,(H3,11,12,13,14). The van der Waals surface area contributed by atoms with Crippen molar-refractivity contribution in [3.8, 4) is 0 Å². The molecule has 0 fully saturated rings. The van der Waals surface area contributed by atoms with Crippen molar-refractivity contribution in [2.45, 2.75) is 33.0 Å². The highest BCUT2D eigenvalue weighted by Crippen LogP contribution is 2.11. The summed E-state index contributed by atoms with van der Waals surface area (Å²) < 4.78 is 12.3. The maximum atomic E-state index is 12.3. The molecular weight excluding hydrogens is 183 g/mol. The Morgan fingerprint density at radius 2 is 2.36 bits per heavy atom. The number of anilines is 2. The number of nitrogen functional groups attached to an aromatic ring is 1.